The number of hydrogen-bond donors (Lipinski definition) is 1. The van der Waals surface area contributed by atoms with Gasteiger partial charge in [-0.1, -0.05) is 70.4 Å². The Bertz CT molecular complexity index is 838. The molecular weight excluding hydrogens is 438 g/mol. The molecule has 1 aliphatic rings. The van der Waals surface area contributed by atoms with E-state index in [2.05, 4.69) is 56.9 Å². The Hall–Kier alpha value is -2.18. The number of piperazine rings is 1. The number of nitrogens with zero attached hydrogens (tertiary/aromatic N) is 2. The van der Waals surface area contributed by atoms with Crippen molar-refractivity contribution >= 4 is 23.8 Å². The number of likely N-dealkylation sites (N-methyl/N-ethyl adjacent to an activating group) is 1. The molecule has 1 aromatic heterocycles. The van der Waals surface area contributed by atoms with E-state index in [9.17, 15) is 9.59 Å². The van der Waals surface area contributed by atoms with Crippen LogP contribution >= 0.6 is 11.6 Å². The van der Waals surface area contributed by atoms with Crippen LogP contribution in [0.3, 0.4) is 0 Å². The van der Waals surface area contributed by atoms with Crippen LogP contribution < -0.4 is 5.32 Å². The summed E-state index contributed by atoms with van der Waals surface area (Å²) in [6, 6.07) is 7.46. The standard InChI is InChI=1S/C11H8ClNO2.C7H14N2O.2C4H10/c1-7-2-3-8(4-10(7)12)11-5-9(6-14)13-15-11;1-5-4-9(3)6(2)7(10)8-5;2*1-4(2)3/h2-6H,1H3;5-6H,4H2,1-3H3,(H,8,10);2*4H,1-3H3. The molecule has 3 rings (SSSR count). The third-order valence-corrected chi connectivity index (χ3v) is 4.50. The van der Waals surface area contributed by atoms with E-state index < -0.39 is 0 Å². The van der Waals surface area contributed by atoms with Gasteiger partial charge in [-0.15, -0.1) is 0 Å². The second-order valence-electron chi connectivity index (χ2n) is 9.69. The summed E-state index contributed by atoms with van der Waals surface area (Å²) in [6.07, 6.45) is 0.642. The third-order valence-electron chi connectivity index (χ3n) is 4.10. The van der Waals surface area contributed by atoms with Crippen molar-refractivity contribution in [2.45, 2.75) is 74.4 Å². The summed E-state index contributed by atoms with van der Waals surface area (Å²) in [6.45, 7) is 19.8. The fraction of sp³-hybridized carbons (Fsp3) is 0.577. The topological polar surface area (TPSA) is 75.4 Å². The zero-order chi connectivity index (χ0) is 25.7. The van der Waals surface area contributed by atoms with Crippen molar-refractivity contribution in [1.29, 1.82) is 0 Å². The van der Waals surface area contributed by atoms with Crippen molar-refractivity contribution < 1.29 is 14.1 Å². The number of rotatable bonds is 2. The van der Waals surface area contributed by atoms with Gasteiger partial charge in [-0.05, 0) is 51.3 Å². The average Bonchev–Trinajstić information content (AvgIpc) is 3.17. The highest BCUT2D eigenvalue weighted by atomic mass is 35.5. The van der Waals surface area contributed by atoms with Crippen LogP contribution in [-0.2, 0) is 4.79 Å². The first-order valence-electron chi connectivity index (χ1n) is 11.5. The minimum atomic E-state index is 0.0381. The van der Waals surface area contributed by atoms with Gasteiger partial charge < -0.3 is 9.84 Å². The molecular formula is C26H42ClN3O3. The highest BCUT2D eigenvalue weighted by molar-refractivity contribution is 6.31. The molecule has 1 aliphatic heterocycles. The number of carbonyl (C=O) groups is 2. The van der Waals surface area contributed by atoms with Crippen molar-refractivity contribution in [3.05, 3.63) is 40.5 Å². The third kappa shape index (κ3) is 13.2. The summed E-state index contributed by atoms with van der Waals surface area (Å²) in [4.78, 5) is 23.5. The van der Waals surface area contributed by atoms with Crippen LogP contribution in [0.25, 0.3) is 11.3 Å². The smallest absolute Gasteiger partial charge is 0.237 e. The van der Waals surface area contributed by atoms with Crippen LogP contribution in [-0.4, -0.2) is 47.9 Å². The van der Waals surface area contributed by atoms with E-state index >= 15 is 0 Å². The van der Waals surface area contributed by atoms with Crippen molar-refractivity contribution in [3.8, 4) is 11.3 Å². The van der Waals surface area contributed by atoms with E-state index in [0.29, 0.717) is 23.1 Å². The van der Waals surface area contributed by atoms with Gasteiger partial charge in [0.25, 0.3) is 0 Å². The maximum atomic E-state index is 11.1. The van der Waals surface area contributed by atoms with Crippen LogP contribution in [0.2, 0.25) is 5.02 Å². The SMILES string of the molecule is CC(C)C.CC(C)C.CC1CN(C)C(C)C(=O)N1.Cc1ccc(-c2cc(C=O)no2)cc1Cl. The van der Waals surface area contributed by atoms with Gasteiger partial charge in [0, 0.05) is 29.2 Å². The molecule has 0 aliphatic carbocycles. The zero-order valence-corrected chi connectivity index (χ0v) is 22.7. The van der Waals surface area contributed by atoms with Gasteiger partial charge in [0.1, 0.15) is 5.69 Å². The molecule has 0 saturated carbocycles. The van der Waals surface area contributed by atoms with Crippen LogP contribution in [0.15, 0.2) is 28.8 Å². The monoisotopic (exact) mass is 479 g/mol. The fourth-order valence-electron chi connectivity index (χ4n) is 2.43. The van der Waals surface area contributed by atoms with E-state index in [1.807, 2.05) is 40.0 Å². The lowest BCUT2D eigenvalue weighted by Crippen LogP contribution is -2.56. The predicted molar refractivity (Wildman–Crippen MR) is 138 cm³/mol. The van der Waals surface area contributed by atoms with E-state index in [1.54, 1.807) is 12.1 Å². The lowest BCUT2D eigenvalue weighted by atomic mass is 10.1. The minimum Gasteiger partial charge on any atom is -0.356 e. The highest BCUT2D eigenvalue weighted by Crippen LogP contribution is 2.25. The predicted octanol–water partition coefficient (Wildman–Crippen LogP) is 6.27. The van der Waals surface area contributed by atoms with E-state index in [-0.39, 0.29) is 17.6 Å². The van der Waals surface area contributed by atoms with Crippen LogP contribution in [0, 0.1) is 18.8 Å². The molecule has 1 N–H and O–H groups in total. The number of carbonyl (C=O) groups excluding carboxylic acids is 2. The normalized spacial score (nSPS) is 17.7. The number of aromatic nitrogens is 1. The molecule has 186 valence electrons. The number of amides is 1. The number of nitrogens with one attached hydrogen (secondary N) is 1. The molecule has 0 radical (unpaired) electrons. The quantitative estimate of drug-likeness (QED) is 0.514. The van der Waals surface area contributed by atoms with E-state index in [1.165, 1.54) is 0 Å². The zero-order valence-electron chi connectivity index (χ0n) is 21.9. The molecule has 0 spiro atoms. The summed E-state index contributed by atoms with van der Waals surface area (Å²) >= 11 is 5.97. The van der Waals surface area contributed by atoms with Gasteiger partial charge in [-0.25, -0.2) is 0 Å². The molecule has 2 aromatic rings. The summed E-state index contributed by atoms with van der Waals surface area (Å²) in [7, 11) is 1.97. The number of aldehydes is 1. The first-order valence-corrected chi connectivity index (χ1v) is 11.8. The maximum absolute atomic E-state index is 11.1. The van der Waals surface area contributed by atoms with E-state index in [4.69, 9.17) is 16.1 Å². The van der Waals surface area contributed by atoms with Crippen LogP contribution in [0.1, 0.15) is 71.4 Å². The van der Waals surface area contributed by atoms with Crippen LogP contribution in [0.4, 0.5) is 0 Å². The molecule has 1 amide bonds. The summed E-state index contributed by atoms with van der Waals surface area (Å²) in [5, 5.41) is 7.12. The lowest BCUT2D eigenvalue weighted by molar-refractivity contribution is -0.128. The molecule has 33 heavy (non-hydrogen) atoms. The second-order valence-corrected chi connectivity index (χ2v) is 10.1. The molecule has 7 heteroatoms. The number of benzene rings is 1. The van der Waals surface area contributed by atoms with E-state index in [0.717, 1.165) is 29.5 Å². The molecule has 1 aromatic carbocycles. The van der Waals surface area contributed by atoms with Gasteiger partial charge in [0.2, 0.25) is 5.91 Å². The molecule has 2 heterocycles. The highest BCUT2D eigenvalue weighted by Gasteiger charge is 2.25. The number of aryl methyl sites for hydroxylation is 1. The van der Waals surface area contributed by atoms with Gasteiger partial charge in [0.15, 0.2) is 12.0 Å². The summed E-state index contributed by atoms with van der Waals surface area (Å²) in [5.41, 5.74) is 2.09. The maximum Gasteiger partial charge on any atom is 0.237 e. The minimum absolute atomic E-state index is 0.0381. The first-order chi connectivity index (χ1) is 15.3. The first kappa shape index (κ1) is 30.8. The molecule has 0 bridgehead atoms. The molecule has 2 atom stereocenters. The molecule has 1 saturated heterocycles. The van der Waals surface area contributed by atoms with Crippen molar-refractivity contribution in [1.82, 2.24) is 15.4 Å². The Labute approximate surface area is 205 Å². The van der Waals surface area contributed by atoms with Gasteiger partial charge in [-0.3, -0.25) is 14.5 Å². The van der Waals surface area contributed by atoms with Crippen molar-refractivity contribution in [3.63, 3.8) is 0 Å². The summed E-state index contributed by atoms with van der Waals surface area (Å²) < 4.78 is 5.00. The Morgan fingerprint density at radius 3 is 2.09 bits per heavy atom. The van der Waals surface area contributed by atoms with Gasteiger partial charge in [-0.2, -0.15) is 0 Å². The van der Waals surface area contributed by atoms with Gasteiger partial charge in [0.05, 0.1) is 6.04 Å². The molecule has 6 nitrogen and oxygen atoms in total. The summed E-state index contributed by atoms with van der Waals surface area (Å²) in [5.74, 6) is 2.35. The fourth-order valence-corrected chi connectivity index (χ4v) is 2.61. The number of halogens is 1. The van der Waals surface area contributed by atoms with Crippen molar-refractivity contribution in [2.75, 3.05) is 13.6 Å². The van der Waals surface area contributed by atoms with Gasteiger partial charge >= 0.3 is 0 Å². The van der Waals surface area contributed by atoms with Crippen LogP contribution in [0.5, 0.6) is 0 Å². The Morgan fingerprint density at radius 2 is 1.67 bits per heavy atom. The molecule has 2 unspecified atom stereocenters. The van der Waals surface area contributed by atoms with Crippen molar-refractivity contribution in [2.24, 2.45) is 11.8 Å². The largest absolute Gasteiger partial charge is 0.356 e. The average molecular weight is 480 g/mol. The Morgan fingerprint density at radius 1 is 1.12 bits per heavy atom. The Kier molecular flexibility index (Phi) is 14.6. The lowest BCUT2D eigenvalue weighted by Gasteiger charge is -2.33. The second kappa shape index (κ2) is 15.6. The number of hydrogen-bond acceptors (Lipinski definition) is 5. The Balaban J connectivity index is 0.000000490. The molecule has 1 fully saturated rings.